The van der Waals surface area contributed by atoms with E-state index in [0.29, 0.717) is 17.3 Å². The molecule has 4 nitrogen and oxygen atoms in total. The molecule has 2 rings (SSSR count). The zero-order valence-electron chi connectivity index (χ0n) is 12.3. The number of thiocarbonyl (C=S) groups is 1. The molecule has 2 aromatic rings. The number of esters is 1. The van der Waals surface area contributed by atoms with Crippen LogP contribution < -0.4 is 10.6 Å². The van der Waals surface area contributed by atoms with Crippen LogP contribution in [0.2, 0.25) is 0 Å². The number of thiophene rings is 1. The van der Waals surface area contributed by atoms with Gasteiger partial charge in [-0.1, -0.05) is 12.1 Å². The molecule has 1 heterocycles. The van der Waals surface area contributed by atoms with Gasteiger partial charge in [-0.2, -0.15) is 0 Å². The second-order valence-corrected chi connectivity index (χ2v) is 5.95. The van der Waals surface area contributed by atoms with Crippen LogP contribution in [0.3, 0.4) is 0 Å². The van der Waals surface area contributed by atoms with Crippen LogP contribution in [0.4, 0.5) is 5.69 Å². The van der Waals surface area contributed by atoms with E-state index in [4.69, 9.17) is 17.0 Å². The van der Waals surface area contributed by atoms with Crippen LogP contribution in [0.1, 0.15) is 22.2 Å². The van der Waals surface area contributed by atoms with E-state index in [1.54, 1.807) is 36.5 Å². The third-order valence-corrected chi connectivity index (χ3v) is 4.05. The topological polar surface area (TPSA) is 50.4 Å². The minimum absolute atomic E-state index is 0.331. The first-order valence-corrected chi connectivity index (χ1v) is 8.32. The number of hydrogen-bond donors (Lipinski definition) is 2. The third-order valence-electron chi connectivity index (χ3n) is 2.87. The Hall–Kier alpha value is -1.92. The number of carbonyl (C=O) groups excluding carboxylic acids is 1. The van der Waals surface area contributed by atoms with Gasteiger partial charge in [0.25, 0.3) is 0 Å². The van der Waals surface area contributed by atoms with E-state index in [9.17, 15) is 4.79 Å². The molecule has 0 fully saturated rings. The van der Waals surface area contributed by atoms with Crippen molar-refractivity contribution in [1.29, 1.82) is 0 Å². The standard InChI is InChI=1S/C16H18N2O2S2/c1-2-20-15(19)12-5-3-6-13(11-12)18-16(21)17-9-8-14-7-4-10-22-14/h3-7,10-11H,2,8-9H2,1H3,(H2,17,18,21). The summed E-state index contributed by atoms with van der Waals surface area (Å²) in [5.41, 5.74) is 1.27. The van der Waals surface area contributed by atoms with Crippen molar-refractivity contribution in [3.8, 4) is 0 Å². The van der Waals surface area contributed by atoms with Crippen LogP contribution >= 0.6 is 23.6 Å². The summed E-state index contributed by atoms with van der Waals surface area (Å²) in [5, 5.41) is 8.83. The van der Waals surface area contributed by atoms with Crippen molar-refractivity contribution in [2.45, 2.75) is 13.3 Å². The Balaban J connectivity index is 1.83. The summed E-state index contributed by atoms with van der Waals surface area (Å²) >= 11 is 6.99. The Bertz CT molecular complexity index is 627. The fourth-order valence-electron chi connectivity index (χ4n) is 1.87. The van der Waals surface area contributed by atoms with Gasteiger partial charge in [-0.15, -0.1) is 11.3 Å². The molecule has 0 aliphatic rings. The summed E-state index contributed by atoms with van der Waals surface area (Å²) < 4.78 is 4.98. The van der Waals surface area contributed by atoms with Gasteiger partial charge < -0.3 is 15.4 Å². The van der Waals surface area contributed by atoms with Crippen molar-refractivity contribution in [2.24, 2.45) is 0 Å². The molecule has 6 heteroatoms. The zero-order valence-corrected chi connectivity index (χ0v) is 13.9. The molecule has 0 saturated heterocycles. The van der Waals surface area contributed by atoms with Crippen LogP contribution in [0.15, 0.2) is 41.8 Å². The number of rotatable bonds is 6. The Morgan fingerprint density at radius 2 is 2.18 bits per heavy atom. The van der Waals surface area contributed by atoms with E-state index in [1.165, 1.54) is 4.88 Å². The van der Waals surface area contributed by atoms with Crippen molar-refractivity contribution in [2.75, 3.05) is 18.5 Å². The lowest BCUT2D eigenvalue weighted by Gasteiger charge is -2.11. The summed E-state index contributed by atoms with van der Waals surface area (Å²) in [4.78, 5) is 13.0. The van der Waals surface area contributed by atoms with Gasteiger partial charge in [0.1, 0.15) is 0 Å². The van der Waals surface area contributed by atoms with Crippen molar-refractivity contribution < 1.29 is 9.53 Å². The normalized spacial score (nSPS) is 10.0. The van der Waals surface area contributed by atoms with Crippen LogP contribution in [0.5, 0.6) is 0 Å². The third kappa shape index (κ3) is 5.13. The molecule has 1 aromatic heterocycles. The average molecular weight is 334 g/mol. The average Bonchev–Trinajstić information content (AvgIpc) is 3.01. The lowest BCUT2D eigenvalue weighted by Crippen LogP contribution is -2.30. The van der Waals surface area contributed by atoms with E-state index in [-0.39, 0.29) is 5.97 Å². The molecule has 0 bridgehead atoms. The van der Waals surface area contributed by atoms with Crippen LogP contribution in [-0.2, 0) is 11.2 Å². The molecule has 0 spiro atoms. The molecule has 22 heavy (non-hydrogen) atoms. The summed E-state index contributed by atoms with van der Waals surface area (Å²) in [6.07, 6.45) is 0.933. The Morgan fingerprint density at radius 3 is 2.91 bits per heavy atom. The summed E-state index contributed by atoms with van der Waals surface area (Å²) in [6, 6.07) is 11.2. The Labute approximate surface area is 139 Å². The Kier molecular flexibility index (Phi) is 6.36. The molecule has 0 aliphatic heterocycles. The van der Waals surface area contributed by atoms with Crippen molar-refractivity contribution in [1.82, 2.24) is 5.32 Å². The first-order valence-electron chi connectivity index (χ1n) is 7.03. The van der Waals surface area contributed by atoms with Gasteiger partial charge >= 0.3 is 5.97 Å². The molecule has 2 N–H and O–H groups in total. The molecule has 116 valence electrons. The minimum Gasteiger partial charge on any atom is -0.462 e. The van der Waals surface area contributed by atoms with E-state index in [2.05, 4.69) is 22.1 Å². The monoisotopic (exact) mass is 334 g/mol. The molecule has 0 saturated carbocycles. The highest BCUT2D eigenvalue weighted by atomic mass is 32.1. The summed E-state index contributed by atoms with van der Waals surface area (Å²) in [5.74, 6) is -0.331. The van der Waals surface area contributed by atoms with Crippen molar-refractivity contribution >= 4 is 40.3 Å². The Morgan fingerprint density at radius 1 is 1.32 bits per heavy atom. The number of anilines is 1. The first-order chi connectivity index (χ1) is 10.7. The second-order valence-electron chi connectivity index (χ2n) is 4.51. The van der Waals surface area contributed by atoms with Crippen molar-refractivity contribution in [3.05, 3.63) is 52.2 Å². The van der Waals surface area contributed by atoms with Gasteiger partial charge in [0.2, 0.25) is 0 Å². The summed E-state index contributed by atoms with van der Waals surface area (Å²) in [6.45, 7) is 2.91. The highest BCUT2D eigenvalue weighted by Crippen LogP contribution is 2.12. The fraction of sp³-hybridized carbons (Fsp3) is 0.250. The molecule has 0 aliphatic carbocycles. The molecule has 1 aromatic carbocycles. The van der Waals surface area contributed by atoms with E-state index >= 15 is 0 Å². The maximum absolute atomic E-state index is 11.7. The number of carbonyl (C=O) groups is 1. The number of ether oxygens (including phenoxy) is 1. The van der Waals surface area contributed by atoms with Gasteiger partial charge in [-0.05, 0) is 55.2 Å². The van der Waals surface area contributed by atoms with Gasteiger partial charge in [-0.25, -0.2) is 4.79 Å². The number of hydrogen-bond acceptors (Lipinski definition) is 4. The maximum Gasteiger partial charge on any atom is 0.338 e. The van der Waals surface area contributed by atoms with E-state index in [1.807, 2.05) is 12.1 Å². The second kappa shape index (κ2) is 8.51. The van der Waals surface area contributed by atoms with Gasteiger partial charge in [0.05, 0.1) is 12.2 Å². The predicted molar refractivity (Wildman–Crippen MR) is 94.6 cm³/mol. The van der Waals surface area contributed by atoms with Crippen molar-refractivity contribution in [3.63, 3.8) is 0 Å². The van der Waals surface area contributed by atoms with E-state index in [0.717, 1.165) is 18.7 Å². The smallest absolute Gasteiger partial charge is 0.338 e. The highest BCUT2D eigenvalue weighted by molar-refractivity contribution is 7.80. The van der Waals surface area contributed by atoms with Crippen LogP contribution in [0.25, 0.3) is 0 Å². The largest absolute Gasteiger partial charge is 0.462 e. The highest BCUT2D eigenvalue weighted by Gasteiger charge is 2.07. The number of nitrogens with one attached hydrogen (secondary N) is 2. The van der Waals surface area contributed by atoms with Gasteiger partial charge in [0.15, 0.2) is 5.11 Å². The fourth-order valence-corrected chi connectivity index (χ4v) is 2.80. The van der Waals surface area contributed by atoms with Crippen LogP contribution in [-0.4, -0.2) is 24.2 Å². The van der Waals surface area contributed by atoms with Gasteiger partial charge in [-0.3, -0.25) is 0 Å². The molecule has 0 amide bonds. The minimum atomic E-state index is -0.331. The SMILES string of the molecule is CCOC(=O)c1cccc(NC(=S)NCCc2cccs2)c1. The first kappa shape index (κ1) is 16.5. The lowest BCUT2D eigenvalue weighted by molar-refractivity contribution is 0.0526. The van der Waals surface area contributed by atoms with Crippen LogP contribution in [0, 0.1) is 0 Å². The van der Waals surface area contributed by atoms with E-state index < -0.39 is 0 Å². The predicted octanol–water partition coefficient (Wildman–Crippen LogP) is 3.45. The zero-order chi connectivity index (χ0) is 15.8. The molecular weight excluding hydrogens is 316 g/mol. The molecule has 0 radical (unpaired) electrons. The summed E-state index contributed by atoms with van der Waals surface area (Å²) in [7, 11) is 0. The lowest BCUT2D eigenvalue weighted by atomic mass is 10.2. The molecular formula is C16H18N2O2S2. The molecule has 0 atom stereocenters. The maximum atomic E-state index is 11.7. The molecule has 0 unspecified atom stereocenters. The van der Waals surface area contributed by atoms with Gasteiger partial charge in [0, 0.05) is 17.1 Å². The number of benzene rings is 1. The quantitative estimate of drug-likeness (QED) is 0.626.